The average molecular weight is 1810 g/mol. The van der Waals surface area contributed by atoms with Gasteiger partial charge in [0.15, 0.2) is 34.6 Å². The summed E-state index contributed by atoms with van der Waals surface area (Å²) < 4.78 is 49.2. The SMILES string of the molecule is CC(=O)c1cn(CCCN2C3CCC2CC(Oc2ccc(Cl)cc2)C3)c2ccccc12.CCCCCC1CC2CCC(C1)N2CCCn1cc(C(C)=O)c2ccccc21.COc1ccc(C(=O)OC2CC3CCC(C2)N3CCCn2cc(C(C)=O)c3cccc(OC)c32)cc1OC.COc1cccc2c(C(C)=O)cn(CCCN3C4CCC3CC(Oc3ccc(Cl)cc3)C4)c12. The number of carbonyl (C=O) groups is 5. The highest BCUT2D eigenvalue weighted by molar-refractivity contribution is 6.31. The minimum Gasteiger partial charge on any atom is -0.495 e. The highest BCUT2D eigenvalue weighted by atomic mass is 35.5. The first-order valence-corrected chi connectivity index (χ1v) is 48.8. The van der Waals surface area contributed by atoms with Gasteiger partial charge in [0.2, 0.25) is 0 Å². The molecular weight excluding hydrogens is 1670 g/mol. The molecule has 20 nitrogen and oxygen atoms in total. The zero-order valence-electron chi connectivity index (χ0n) is 77.5. The normalized spacial score (nSPS) is 22.8. The molecule has 0 radical (unpaired) electrons. The molecule has 11 aromatic rings. The fourth-order valence-corrected chi connectivity index (χ4v) is 23.6. The molecule has 130 heavy (non-hydrogen) atoms. The molecule has 690 valence electrons. The van der Waals surface area contributed by atoms with Crippen molar-refractivity contribution in [2.45, 2.75) is 282 Å². The van der Waals surface area contributed by atoms with Crippen LogP contribution >= 0.6 is 23.2 Å². The first kappa shape index (κ1) is 93.3. The second-order valence-electron chi connectivity index (χ2n) is 37.6. The molecule has 0 aliphatic carbocycles. The number of aromatic nitrogens is 4. The molecule has 12 heterocycles. The summed E-state index contributed by atoms with van der Waals surface area (Å²) in [6.45, 7) is 16.8. The highest BCUT2D eigenvalue weighted by Gasteiger charge is 2.45. The van der Waals surface area contributed by atoms with Gasteiger partial charge in [-0.2, -0.15) is 0 Å². The number of benzene rings is 7. The number of esters is 1. The third-order valence-corrected chi connectivity index (χ3v) is 29.9. The molecule has 7 aromatic carbocycles. The van der Waals surface area contributed by atoms with Gasteiger partial charge in [-0.25, -0.2) is 4.79 Å². The van der Waals surface area contributed by atoms with Crippen molar-refractivity contribution in [1.29, 1.82) is 0 Å². The Hall–Kier alpha value is -9.93. The van der Waals surface area contributed by atoms with Crippen LogP contribution in [0.25, 0.3) is 43.6 Å². The van der Waals surface area contributed by atoms with Crippen LogP contribution < -0.4 is 28.4 Å². The number of hydrogen-bond acceptors (Lipinski definition) is 16. The van der Waals surface area contributed by atoms with E-state index in [0.717, 1.165) is 228 Å². The molecule has 19 rings (SSSR count). The number of carbonyl (C=O) groups excluding carboxylic acids is 5. The van der Waals surface area contributed by atoms with E-state index < -0.39 is 0 Å². The second kappa shape index (κ2) is 43.2. The van der Waals surface area contributed by atoms with Crippen molar-refractivity contribution in [2.75, 3.05) is 54.6 Å². The van der Waals surface area contributed by atoms with Crippen molar-refractivity contribution < 1.29 is 57.1 Å². The fraction of sp³-hybridized carbons (Fsp3) is 0.491. The summed E-state index contributed by atoms with van der Waals surface area (Å²) in [5.41, 5.74) is 8.01. The van der Waals surface area contributed by atoms with Gasteiger partial charge in [0.1, 0.15) is 41.3 Å². The van der Waals surface area contributed by atoms with Gasteiger partial charge >= 0.3 is 5.97 Å². The molecule has 4 aromatic heterocycles. The summed E-state index contributed by atoms with van der Waals surface area (Å²) in [6.07, 6.45) is 37.5. The van der Waals surface area contributed by atoms with E-state index in [-0.39, 0.29) is 41.3 Å². The molecule has 8 atom stereocenters. The Kier molecular flexibility index (Phi) is 31.0. The summed E-state index contributed by atoms with van der Waals surface area (Å²) in [4.78, 5) is 72.1. The lowest BCUT2D eigenvalue weighted by Crippen LogP contribution is -2.46. The summed E-state index contributed by atoms with van der Waals surface area (Å²) in [6, 6.07) is 53.8. The van der Waals surface area contributed by atoms with Gasteiger partial charge in [0.25, 0.3) is 0 Å². The number of Topliss-reactive ketones (excluding diaryl/α,β-unsaturated/α-hetero) is 4. The summed E-state index contributed by atoms with van der Waals surface area (Å²) >= 11 is 12.0. The largest absolute Gasteiger partial charge is 0.495 e. The standard InChI is InChI=1S/C30H36N2O6.C27H31ClN2O3.C26H29ClN2O2.C25H36N2O/c1-19(33)25-18-31(29-24(25)7-5-8-27(29)36-3)13-6-14-32-21-10-11-22(32)17-23(16-21)38-30(34)20-9-12-26(35-2)28(15-20)37-4;1-18(31)25-17-29(27-24(25)5-3-6-26(27)32-2)13-4-14-30-20-9-10-21(30)16-23(15-20)33-22-11-7-19(28)8-12-22;1-18(30)25-17-28(26-6-3-2-5-24(25)26)13-4-14-29-20-9-10-21(29)16-23(15-20)31-22-11-7-19(27)8-12-22;1-3-4-5-9-20-16-21-12-13-22(17-20)27(21)15-8-14-26-18-24(19(2)28)23-10-6-7-11-25(23)26/h5,7-9,12,15,18,21-23H,6,10-11,13-14,16-17H2,1-4H3;3,5-8,11-12,17,20-21,23H,4,9-10,13-16H2,1-2H3;2-3,5-8,11-12,17,20-21,23H,4,9-10,13-16H2,1H3;6-7,10-11,18,20-22H,3-5,8-9,12-17H2,1-2H3. The number of methoxy groups -OCH3 is 4. The van der Waals surface area contributed by atoms with E-state index in [9.17, 15) is 24.0 Å². The van der Waals surface area contributed by atoms with E-state index >= 15 is 0 Å². The monoisotopic (exact) mass is 1800 g/mol. The molecule has 8 aliphatic rings. The molecule has 8 saturated heterocycles. The first-order valence-electron chi connectivity index (χ1n) is 48.0. The van der Waals surface area contributed by atoms with Crippen molar-refractivity contribution in [3.63, 3.8) is 0 Å². The lowest BCUT2D eigenvalue weighted by Gasteiger charge is -2.39. The Balaban J connectivity index is 0.000000128. The van der Waals surface area contributed by atoms with Crippen LogP contribution in [-0.2, 0) is 30.9 Å². The van der Waals surface area contributed by atoms with Crippen LogP contribution in [-0.4, -0.2) is 188 Å². The van der Waals surface area contributed by atoms with Crippen LogP contribution in [0, 0.1) is 5.92 Å². The quantitative estimate of drug-likeness (QED) is 0.0211. The average Bonchev–Trinajstić information content (AvgIpc) is 1.63. The van der Waals surface area contributed by atoms with Crippen molar-refractivity contribution in [2.24, 2.45) is 5.92 Å². The molecule has 22 heteroatoms. The van der Waals surface area contributed by atoms with Crippen molar-refractivity contribution in [3.8, 4) is 34.5 Å². The maximum atomic E-state index is 12.9. The van der Waals surface area contributed by atoms with Crippen molar-refractivity contribution in [1.82, 2.24) is 37.9 Å². The lowest BCUT2D eigenvalue weighted by molar-refractivity contribution is -0.00647. The smallest absolute Gasteiger partial charge is 0.338 e. The zero-order chi connectivity index (χ0) is 90.6. The number of piperidine rings is 4. The third kappa shape index (κ3) is 21.5. The number of halogens is 2. The summed E-state index contributed by atoms with van der Waals surface area (Å²) in [7, 11) is 6.48. The number of rotatable bonds is 34. The van der Waals surface area contributed by atoms with Crippen LogP contribution in [0.15, 0.2) is 176 Å². The van der Waals surface area contributed by atoms with E-state index in [1.54, 1.807) is 74.3 Å². The van der Waals surface area contributed by atoms with Crippen molar-refractivity contribution in [3.05, 3.63) is 214 Å². The summed E-state index contributed by atoms with van der Waals surface area (Å²) in [5.74, 6) is 5.64. The van der Waals surface area contributed by atoms with Gasteiger partial charge in [-0.3, -0.25) is 38.8 Å². The van der Waals surface area contributed by atoms with Gasteiger partial charge < -0.3 is 51.4 Å². The van der Waals surface area contributed by atoms with Crippen LogP contribution in [0.3, 0.4) is 0 Å². The molecule has 8 fully saturated rings. The van der Waals surface area contributed by atoms with Gasteiger partial charge in [-0.05, 0) is 240 Å². The number of ketones is 4. The van der Waals surface area contributed by atoms with Gasteiger partial charge in [0, 0.05) is 203 Å². The predicted molar refractivity (Wildman–Crippen MR) is 518 cm³/mol. The van der Waals surface area contributed by atoms with Gasteiger partial charge in [-0.1, -0.05) is 116 Å². The van der Waals surface area contributed by atoms with Gasteiger partial charge in [0.05, 0.1) is 45.0 Å². The second-order valence-corrected chi connectivity index (χ2v) is 38.4. The molecule has 8 unspecified atom stereocenters. The molecule has 0 spiro atoms. The van der Waals surface area contributed by atoms with E-state index in [2.05, 4.69) is 81.3 Å². The number of fused-ring (bicyclic) bond motifs is 12. The fourth-order valence-electron chi connectivity index (χ4n) is 23.3. The van der Waals surface area contributed by atoms with Crippen molar-refractivity contribution >= 4 is 95.9 Å². The maximum absolute atomic E-state index is 12.9. The number of unbranched alkanes of at least 4 members (excludes halogenated alkanes) is 2. The minimum absolute atomic E-state index is 0.0600. The number of ether oxygens (including phenoxy) is 7. The highest BCUT2D eigenvalue weighted by Crippen LogP contribution is 2.45. The third-order valence-electron chi connectivity index (χ3n) is 29.4. The summed E-state index contributed by atoms with van der Waals surface area (Å²) in [5, 5.41) is 5.56. The topological polar surface area (TPSA) is 183 Å². The molecule has 0 amide bonds. The minimum atomic E-state index is -0.321. The van der Waals surface area contributed by atoms with E-state index in [4.69, 9.17) is 56.4 Å². The molecule has 0 saturated carbocycles. The Labute approximate surface area is 777 Å². The first-order chi connectivity index (χ1) is 63.2. The van der Waals surface area contributed by atoms with Crippen LogP contribution in [0.4, 0.5) is 0 Å². The van der Waals surface area contributed by atoms with E-state index in [1.807, 2.05) is 122 Å². The molecule has 0 N–H and O–H groups in total. The molecular formula is C108H132Cl2N8O12. The Morgan fingerprint density at radius 2 is 0.677 bits per heavy atom. The Bertz CT molecular complexity index is 5680. The van der Waals surface area contributed by atoms with E-state index in [1.165, 1.54) is 95.5 Å². The number of para-hydroxylation sites is 4. The number of nitrogens with zero attached hydrogens (tertiary/aromatic N) is 8. The van der Waals surface area contributed by atoms with E-state index in [0.29, 0.717) is 59.4 Å². The number of hydrogen-bond donors (Lipinski definition) is 0. The predicted octanol–water partition coefficient (Wildman–Crippen LogP) is 23.1. The maximum Gasteiger partial charge on any atom is 0.338 e. The Morgan fingerprint density at radius 3 is 1.05 bits per heavy atom. The molecule has 8 bridgehead atoms. The Morgan fingerprint density at radius 1 is 0.338 bits per heavy atom. The van der Waals surface area contributed by atoms with Crippen LogP contribution in [0.5, 0.6) is 34.5 Å². The lowest BCUT2D eigenvalue weighted by atomic mass is 9.86. The zero-order valence-corrected chi connectivity index (χ0v) is 79.0. The molecule has 8 aliphatic heterocycles. The van der Waals surface area contributed by atoms with Gasteiger partial charge in [-0.15, -0.1) is 0 Å². The number of aryl methyl sites for hydroxylation is 4. The van der Waals surface area contributed by atoms with Crippen LogP contribution in [0.2, 0.25) is 10.0 Å². The van der Waals surface area contributed by atoms with Crippen LogP contribution in [0.1, 0.15) is 241 Å².